The van der Waals surface area contributed by atoms with Crippen molar-refractivity contribution in [3.63, 3.8) is 0 Å². The minimum absolute atomic E-state index is 0.0537. The second-order valence-corrected chi connectivity index (χ2v) is 5.21. The van der Waals surface area contributed by atoms with Crippen LogP contribution in [-0.4, -0.2) is 42.8 Å². The number of aliphatic carboxylic acids is 1. The first-order valence-electron chi connectivity index (χ1n) is 7.49. The van der Waals surface area contributed by atoms with Gasteiger partial charge in [-0.3, -0.25) is 9.59 Å². The molecule has 6 nitrogen and oxygen atoms in total. The number of amides is 1. The van der Waals surface area contributed by atoms with E-state index in [2.05, 4.69) is 5.32 Å². The molecule has 0 saturated carbocycles. The maximum Gasteiger partial charge on any atom is 0.303 e. The Balaban J connectivity index is 1.77. The van der Waals surface area contributed by atoms with Crippen LogP contribution < -0.4 is 10.1 Å². The van der Waals surface area contributed by atoms with Gasteiger partial charge in [0.15, 0.2) is 0 Å². The van der Waals surface area contributed by atoms with Gasteiger partial charge in [0.05, 0.1) is 13.2 Å². The first kappa shape index (κ1) is 16.3. The Labute approximate surface area is 129 Å². The molecule has 0 aromatic heterocycles. The maximum absolute atomic E-state index is 11.9. The Morgan fingerprint density at radius 1 is 1.23 bits per heavy atom. The number of hydrogen-bond donors (Lipinski definition) is 2. The van der Waals surface area contributed by atoms with E-state index in [1.807, 2.05) is 0 Å². The van der Waals surface area contributed by atoms with Crippen molar-refractivity contribution in [1.29, 1.82) is 0 Å². The van der Waals surface area contributed by atoms with Crippen LogP contribution in [0.15, 0.2) is 24.3 Å². The molecule has 0 spiro atoms. The van der Waals surface area contributed by atoms with Crippen molar-refractivity contribution in [2.75, 3.05) is 19.8 Å². The molecule has 2 N–H and O–H groups in total. The van der Waals surface area contributed by atoms with Crippen LogP contribution in [0, 0.1) is 0 Å². The van der Waals surface area contributed by atoms with Crippen LogP contribution in [0.1, 0.15) is 36.0 Å². The third-order valence-corrected chi connectivity index (χ3v) is 3.44. The van der Waals surface area contributed by atoms with E-state index in [1.54, 1.807) is 24.3 Å². The highest BCUT2D eigenvalue weighted by Gasteiger charge is 2.15. The molecule has 0 aliphatic carbocycles. The van der Waals surface area contributed by atoms with Crippen molar-refractivity contribution in [2.45, 2.75) is 31.8 Å². The zero-order chi connectivity index (χ0) is 15.8. The van der Waals surface area contributed by atoms with Gasteiger partial charge < -0.3 is 19.9 Å². The largest absolute Gasteiger partial charge is 0.490 e. The molecule has 2 rings (SSSR count). The summed E-state index contributed by atoms with van der Waals surface area (Å²) in [7, 11) is 0. The van der Waals surface area contributed by atoms with Gasteiger partial charge in [0.2, 0.25) is 0 Å². The fourth-order valence-electron chi connectivity index (χ4n) is 2.21. The smallest absolute Gasteiger partial charge is 0.303 e. The predicted molar refractivity (Wildman–Crippen MR) is 80.1 cm³/mol. The van der Waals surface area contributed by atoms with Crippen LogP contribution in [0.2, 0.25) is 0 Å². The lowest BCUT2D eigenvalue weighted by Crippen LogP contribution is -2.26. The van der Waals surface area contributed by atoms with Gasteiger partial charge in [0.1, 0.15) is 11.9 Å². The minimum Gasteiger partial charge on any atom is -0.490 e. The maximum atomic E-state index is 11.9. The van der Waals surface area contributed by atoms with Crippen molar-refractivity contribution >= 4 is 11.9 Å². The number of carboxylic acids is 1. The number of carbonyl (C=O) groups excluding carboxylic acids is 1. The van der Waals surface area contributed by atoms with E-state index >= 15 is 0 Å². The highest BCUT2D eigenvalue weighted by Crippen LogP contribution is 2.18. The summed E-state index contributed by atoms with van der Waals surface area (Å²) in [6.07, 6.45) is 2.41. The number of nitrogens with one attached hydrogen (secondary N) is 1. The van der Waals surface area contributed by atoms with Gasteiger partial charge in [-0.15, -0.1) is 0 Å². The van der Waals surface area contributed by atoms with Gasteiger partial charge >= 0.3 is 5.97 Å². The number of ether oxygens (including phenoxy) is 2. The lowest BCUT2D eigenvalue weighted by molar-refractivity contribution is -0.137. The Kier molecular flexibility index (Phi) is 6.21. The summed E-state index contributed by atoms with van der Waals surface area (Å²) >= 11 is 0. The highest BCUT2D eigenvalue weighted by atomic mass is 16.5. The SMILES string of the molecule is O=C(O)CCCNC(=O)c1ccc(OC2CCOCC2)cc1. The molecule has 1 aromatic rings. The molecular weight excluding hydrogens is 286 g/mol. The lowest BCUT2D eigenvalue weighted by atomic mass is 10.1. The predicted octanol–water partition coefficient (Wildman–Crippen LogP) is 1.84. The van der Waals surface area contributed by atoms with Gasteiger partial charge in [0.25, 0.3) is 5.91 Å². The van der Waals surface area contributed by atoms with Gasteiger partial charge in [-0.2, -0.15) is 0 Å². The third-order valence-electron chi connectivity index (χ3n) is 3.44. The van der Waals surface area contributed by atoms with Gasteiger partial charge in [-0.05, 0) is 30.7 Å². The molecule has 22 heavy (non-hydrogen) atoms. The van der Waals surface area contributed by atoms with Crippen LogP contribution in [0.25, 0.3) is 0 Å². The molecule has 120 valence electrons. The number of hydrogen-bond acceptors (Lipinski definition) is 4. The molecule has 1 saturated heterocycles. The fourth-order valence-corrected chi connectivity index (χ4v) is 2.21. The molecule has 1 heterocycles. The number of benzene rings is 1. The summed E-state index contributed by atoms with van der Waals surface area (Å²) in [6, 6.07) is 6.98. The number of rotatable bonds is 7. The lowest BCUT2D eigenvalue weighted by Gasteiger charge is -2.23. The summed E-state index contributed by atoms with van der Waals surface area (Å²) < 4.78 is 11.1. The van der Waals surface area contributed by atoms with Crippen LogP contribution in [0.4, 0.5) is 0 Å². The quantitative estimate of drug-likeness (QED) is 0.751. The third kappa shape index (κ3) is 5.37. The highest BCUT2D eigenvalue weighted by molar-refractivity contribution is 5.94. The van der Waals surface area contributed by atoms with E-state index in [9.17, 15) is 9.59 Å². The molecular formula is C16H21NO5. The van der Waals surface area contributed by atoms with E-state index in [1.165, 1.54) is 0 Å². The van der Waals surface area contributed by atoms with Gasteiger partial charge in [-0.1, -0.05) is 0 Å². The van der Waals surface area contributed by atoms with E-state index in [-0.39, 0.29) is 18.4 Å². The van der Waals surface area contributed by atoms with E-state index in [4.69, 9.17) is 14.6 Å². The van der Waals surface area contributed by atoms with Crippen molar-refractivity contribution < 1.29 is 24.2 Å². The number of carbonyl (C=O) groups is 2. The first-order valence-corrected chi connectivity index (χ1v) is 7.49. The topological polar surface area (TPSA) is 84.9 Å². The summed E-state index contributed by atoms with van der Waals surface area (Å²) in [6.45, 7) is 1.80. The van der Waals surface area contributed by atoms with Crippen LogP contribution >= 0.6 is 0 Å². The summed E-state index contributed by atoms with van der Waals surface area (Å²) in [5, 5.41) is 11.2. The normalized spacial score (nSPS) is 15.3. The van der Waals surface area contributed by atoms with Crippen molar-refractivity contribution in [1.82, 2.24) is 5.32 Å². The second-order valence-electron chi connectivity index (χ2n) is 5.21. The zero-order valence-electron chi connectivity index (χ0n) is 12.4. The van der Waals surface area contributed by atoms with Crippen molar-refractivity contribution in [3.05, 3.63) is 29.8 Å². The average molecular weight is 307 g/mol. The van der Waals surface area contributed by atoms with Crippen molar-refractivity contribution in [2.24, 2.45) is 0 Å². The Morgan fingerprint density at radius 3 is 2.55 bits per heavy atom. The zero-order valence-corrected chi connectivity index (χ0v) is 12.4. The van der Waals surface area contributed by atoms with E-state index in [0.29, 0.717) is 18.5 Å². The number of carboxylic acid groups (broad SMARTS) is 1. The van der Waals surface area contributed by atoms with Gasteiger partial charge in [0, 0.05) is 31.4 Å². The molecule has 1 aromatic carbocycles. The van der Waals surface area contributed by atoms with Crippen molar-refractivity contribution in [3.8, 4) is 5.75 Å². The monoisotopic (exact) mass is 307 g/mol. The molecule has 6 heteroatoms. The molecule has 1 aliphatic rings. The summed E-state index contributed by atoms with van der Waals surface area (Å²) in [4.78, 5) is 22.3. The molecule has 0 radical (unpaired) electrons. The molecule has 1 aliphatic heterocycles. The summed E-state index contributed by atoms with van der Waals surface area (Å²) in [5.41, 5.74) is 0.537. The molecule has 1 amide bonds. The Hall–Kier alpha value is -2.08. The van der Waals surface area contributed by atoms with E-state index < -0.39 is 5.97 Å². The minimum atomic E-state index is -0.858. The van der Waals surface area contributed by atoms with Crippen LogP contribution in [-0.2, 0) is 9.53 Å². The average Bonchev–Trinajstić information content (AvgIpc) is 2.53. The summed E-state index contributed by atoms with van der Waals surface area (Å²) in [5.74, 6) is -0.318. The Morgan fingerprint density at radius 2 is 1.91 bits per heavy atom. The first-order chi connectivity index (χ1) is 10.6. The van der Waals surface area contributed by atoms with Gasteiger partial charge in [-0.25, -0.2) is 0 Å². The molecule has 1 fully saturated rings. The standard InChI is InChI=1S/C16H21NO5/c18-15(19)2-1-9-17-16(20)12-3-5-13(6-4-12)22-14-7-10-21-11-8-14/h3-6,14H,1-2,7-11H2,(H,17,20)(H,18,19). The Bertz CT molecular complexity index is 494. The second kappa shape index (κ2) is 8.38. The molecule has 0 unspecified atom stereocenters. The fraction of sp³-hybridized carbons (Fsp3) is 0.500. The van der Waals surface area contributed by atoms with Crippen LogP contribution in [0.5, 0.6) is 5.75 Å². The molecule has 0 atom stereocenters. The van der Waals surface area contributed by atoms with Crippen LogP contribution in [0.3, 0.4) is 0 Å². The molecule has 0 bridgehead atoms. The van der Waals surface area contributed by atoms with E-state index in [0.717, 1.165) is 31.8 Å².